The van der Waals surface area contributed by atoms with Crippen molar-refractivity contribution in [3.63, 3.8) is 0 Å². The Balaban J connectivity index is 1.56. The quantitative estimate of drug-likeness (QED) is 0.726. The Kier molecular flexibility index (Phi) is 4.15. The molecule has 0 aromatic heterocycles. The average molecular weight is 345 g/mol. The van der Waals surface area contributed by atoms with Gasteiger partial charge in [0.2, 0.25) is 0 Å². The van der Waals surface area contributed by atoms with Crippen LogP contribution < -0.4 is 10.1 Å². The van der Waals surface area contributed by atoms with Crippen molar-refractivity contribution in [1.29, 1.82) is 0 Å². The first-order valence-electron chi connectivity index (χ1n) is 9.11. The summed E-state index contributed by atoms with van der Waals surface area (Å²) in [5.41, 5.74) is 5.81. The Bertz CT molecular complexity index is 996. The summed E-state index contributed by atoms with van der Waals surface area (Å²) < 4.78 is 5.89. The van der Waals surface area contributed by atoms with Crippen LogP contribution in [0.25, 0.3) is 10.8 Å². The van der Waals surface area contributed by atoms with Gasteiger partial charge < -0.3 is 10.1 Å². The van der Waals surface area contributed by atoms with E-state index in [0.717, 1.165) is 35.2 Å². The maximum Gasteiger partial charge on any atom is 0.265 e. The van der Waals surface area contributed by atoms with Crippen molar-refractivity contribution in [1.82, 2.24) is 0 Å². The SMILES string of the molecule is Cc1ccc(O[C@H](C)C(=O)Nc2ccc3c4c(cccc24)CC3)c(C)c1. The van der Waals surface area contributed by atoms with Crippen LogP contribution in [0.1, 0.15) is 29.2 Å². The largest absolute Gasteiger partial charge is 0.481 e. The van der Waals surface area contributed by atoms with Gasteiger partial charge in [0.25, 0.3) is 5.91 Å². The smallest absolute Gasteiger partial charge is 0.265 e. The zero-order valence-corrected chi connectivity index (χ0v) is 15.4. The Morgan fingerprint density at radius 2 is 1.81 bits per heavy atom. The van der Waals surface area contributed by atoms with Gasteiger partial charge in [-0.05, 0) is 67.8 Å². The third-order valence-corrected chi connectivity index (χ3v) is 5.14. The van der Waals surface area contributed by atoms with Crippen LogP contribution in [-0.2, 0) is 17.6 Å². The molecule has 0 fully saturated rings. The first-order valence-corrected chi connectivity index (χ1v) is 9.11. The second-order valence-corrected chi connectivity index (χ2v) is 7.13. The van der Waals surface area contributed by atoms with Gasteiger partial charge in [0.1, 0.15) is 5.75 Å². The Hall–Kier alpha value is -2.81. The summed E-state index contributed by atoms with van der Waals surface area (Å²) in [6.45, 7) is 5.83. The van der Waals surface area contributed by atoms with Crippen LogP contribution in [0.15, 0.2) is 48.5 Å². The third-order valence-electron chi connectivity index (χ3n) is 5.14. The molecule has 0 saturated heterocycles. The molecule has 0 saturated carbocycles. The van der Waals surface area contributed by atoms with E-state index < -0.39 is 6.10 Å². The van der Waals surface area contributed by atoms with E-state index in [1.807, 2.05) is 32.0 Å². The third kappa shape index (κ3) is 2.94. The number of ether oxygens (including phenoxy) is 1. The fourth-order valence-corrected chi connectivity index (χ4v) is 3.77. The fourth-order valence-electron chi connectivity index (χ4n) is 3.77. The van der Waals surface area contributed by atoms with Crippen molar-refractivity contribution in [2.24, 2.45) is 0 Å². The summed E-state index contributed by atoms with van der Waals surface area (Å²) in [5, 5.41) is 5.47. The minimum atomic E-state index is -0.570. The molecule has 132 valence electrons. The van der Waals surface area contributed by atoms with Gasteiger partial charge in [0, 0.05) is 11.1 Å². The molecule has 3 aromatic rings. The number of rotatable bonds is 4. The second kappa shape index (κ2) is 6.49. The summed E-state index contributed by atoms with van der Waals surface area (Å²) >= 11 is 0. The highest BCUT2D eigenvalue weighted by Gasteiger charge is 2.20. The van der Waals surface area contributed by atoms with Crippen LogP contribution in [0.5, 0.6) is 5.75 Å². The molecule has 1 N–H and O–H groups in total. The highest BCUT2D eigenvalue weighted by Crippen LogP contribution is 2.35. The van der Waals surface area contributed by atoms with Crippen molar-refractivity contribution in [2.75, 3.05) is 5.32 Å². The first-order chi connectivity index (χ1) is 12.5. The lowest BCUT2D eigenvalue weighted by molar-refractivity contribution is -0.122. The van der Waals surface area contributed by atoms with Crippen molar-refractivity contribution in [3.05, 3.63) is 70.8 Å². The van der Waals surface area contributed by atoms with Gasteiger partial charge in [-0.2, -0.15) is 0 Å². The Morgan fingerprint density at radius 1 is 1.04 bits per heavy atom. The predicted octanol–water partition coefficient (Wildman–Crippen LogP) is 4.96. The molecule has 1 amide bonds. The lowest BCUT2D eigenvalue weighted by Gasteiger charge is -2.17. The molecule has 1 aliphatic carbocycles. The van der Waals surface area contributed by atoms with Gasteiger partial charge in [-0.3, -0.25) is 4.79 Å². The molecule has 4 rings (SSSR count). The zero-order chi connectivity index (χ0) is 18.3. The van der Waals surface area contributed by atoms with E-state index in [-0.39, 0.29) is 5.91 Å². The number of hydrogen-bond acceptors (Lipinski definition) is 2. The maximum absolute atomic E-state index is 12.7. The summed E-state index contributed by atoms with van der Waals surface area (Å²) in [7, 11) is 0. The van der Waals surface area contributed by atoms with Gasteiger partial charge in [-0.25, -0.2) is 0 Å². The summed E-state index contributed by atoms with van der Waals surface area (Å²) in [5.74, 6) is 0.613. The predicted molar refractivity (Wildman–Crippen MR) is 106 cm³/mol. The van der Waals surface area contributed by atoms with E-state index in [1.165, 1.54) is 22.1 Å². The van der Waals surface area contributed by atoms with Crippen molar-refractivity contribution < 1.29 is 9.53 Å². The molecule has 0 unspecified atom stereocenters. The van der Waals surface area contributed by atoms with Crippen molar-refractivity contribution in [3.8, 4) is 5.75 Å². The van der Waals surface area contributed by atoms with Crippen molar-refractivity contribution >= 4 is 22.4 Å². The summed E-state index contributed by atoms with van der Waals surface area (Å²) in [6.07, 6.45) is 1.59. The van der Waals surface area contributed by atoms with Crippen LogP contribution in [0.3, 0.4) is 0 Å². The standard InChI is InChI=1S/C23H23NO2/c1-14-7-12-21(15(2)13-14)26-16(3)23(25)24-20-11-10-18-9-8-17-5-4-6-19(20)22(17)18/h4-7,10-13,16H,8-9H2,1-3H3,(H,24,25)/t16-/m1/s1. The number of nitrogens with one attached hydrogen (secondary N) is 1. The zero-order valence-electron chi connectivity index (χ0n) is 15.4. The monoisotopic (exact) mass is 345 g/mol. The molecule has 3 heteroatoms. The van der Waals surface area contributed by atoms with Crippen LogP contribution in [0.4, 0.5) is 5.69 Å². The number of carbonyl (C=O) groups excluding carboxylic acids is 1. The van der Waals surface area contributed by atoms with Gasteiger partial charge in [-0.15, -0.1) is 0 Å². The number of hydrogen-bond donors (Lipinski definition) is 1. The van der Waals surface area contributed by atoms with Crippen LogP contribution in [0, 0.1) is 13.8 Å². The van der Waals surface area contributed by atoms with E-state index in [4.69, 9.17) is 4.74 Å². The highest BCUT2D eigenvalue weighted by atomic mass is 16.5. The number of anilines is 1. The van der Waals surface area contributed by atoms with Gasteiger partial charge >= 0.3 is 0 Å². The molecule has 0 heterocycles. The molecule has 3 nitrogen and oxygen atoms in total. The molecule has 1 atom stereocenters. The number of carbonyl (C=O) groups is 1. The lowest BCUT2D eigenvalue weighted by atomic mass is 10.0. The second-order valence-electron chi connectivity index (χ2n) is 7.13. The average Bonchev–Trinajstić information content (AvgIpc) is 3.04. The van der Waals surface area contributed by atoms with Gasteiger partial charge in [0.05, 0.1) is 0 Å². The number of amides is 1. The van der Waals surface area contributed by atoms with Gasteiger partial charge in [0.15, 0.2) is 6.10 Å². The van der Waals surface area contributed by atoms with Crippen LogP contribution in [-0.4, -0.2) is 12.0 Å². The topological polar surface area (TPSA) is 38.3 Å². The molecule has 0 radical (unpaired) electrons. The number of aryl methyl sites for hydroxylation is 4. The first kappa shape index (κ1) is 16.6. The number of benzene rings is 3. The molecular weight excluding hydrogens is 322 g/mol. The van der Waals surface area contributed by atoms with Crippen LogP contribution >= 0.6 is 0 Å². The van der Waals surface area contributed by atoms with Crippen molar-refractivity contribution in [2.45, 2.75) is 39.7 Å². The molecule has 26 heavy (non-hydrogen) atoms. The maximum atomic E-state index is 12.7. The fraction of sp³-hybridized carbons (Fsp3) is 0.261. The molecule has 1 aliphatic rings. The lowest BCUT2D eigenvalue weighted by Crippen LogP contribution is -2.30. The van der Waals surface area contributed by atoms with E-state index in [0.29, 0.717) is 0 Å². The summed E-state index contributed by atoms with van der Waals surface area (Å²) in [6, 6.07) is 16.4. The highest BCUT2D eigenvalue weighted by molar-refractivity contribution is 6.06. The summed E-state index contributed by atoms with van der Waals surface area (Å²) in [4.78, 5) is 12.7. The van der Waals surface area contributed by atoms with E-state index in [2.05, 4.69) is 35.6 Å². The minimum absolute atomic E-state index is 0.135. The molecule has 0 bridgehead atoms. The molecular formula is C23H23NO2. The Morgan fingerprint density at radius 3 is 2.58 bits per heavy atom. The minimum Gasteiger partial charge on any atom is -0.481 e. The Labute approximate surface area is 154 Å². The normalized spacial score (nSPS) is 13.7. The van der Waals surface area contributed by atoms with E-state index >= 15 is 0 Å². The van der Waals surface area contributed by atoms with E-state index in [1.54, 1.807) is 6.92 Å². The molecule has 0 aliphatic heterocycles. The molecule has 3 aromatic carbocycles. The molecule has 0 spiro atoms. The van der Waals surface area contributed by atoms with E-state index in [9.17, 15) is 4.79 Å². The van der Waals surface area contributed by atoms with Crippen LogP contribution in [0.2, 0.25) is 0 Å². The van der Waals surface area contributed by atoms with Gasteiger partial charge in [-0.1, -0.05) is 42.0 Å².